The molecule has 0 spiro atoms. The van der Waals surface area contributed by atoms with Gasteiger partial charge in [-0.05, 0) is 46.5 Å². The van der Waals surface area contributed by atoms with E-state index in [4.69, 9.17) is 9.47 Å². The minimum atomic E-state index is -1.05. The third-order valence-corrected chi connectivity index (χ3v) is 8.98. The lowest BCUT2D eigenvalue weighted by atomic mass is 9.47. The SMILES string of the molecule is O=C(CNc1ccc2c(c1)OCO2)N/N=C\C12c3ccccc3C(c3ccccc31)[C@H]1C(=O)N(c3ccccc3)C(=O)[C@@H]12. The van der Waals surface area contributed by atoms with Gasteiger partial charge in [0.15, 0.2) is 11.5 Å². The van der Waals surface area contributed by atoms with E-state index < -0.39 is 17.3 Å². The van der Waals surface area contributed by atoms with Gasteiger partial charge in [0, 0.05) is 23.9 Å². The van der Waals surface area contributed by atoms with Gasteiger partial charge in [0.25, 0.3) is 5.91 Å². The maximum Gasteiger partial charge on any atom is 0.259 e. The summed E-state index contributed by atoms with van der Waals surface area (Å²) in [6.45, 7) is 0.131. The van der Waals surface area contributed by atoms with Crippen LogP contribution in [0.5, 0.6) is 11.5 Å². The summed E-state index contributed by atoms with van der Waals surface area (Å²) in [5, 5.41) is 7.53. The number of imide groups is 1. The van der Waals surface area contributed by atoms with Gasteiger partial charge < -0.3 is 14.8 Å². The Bertz CT molecular complexity index is 1790. The fraction of sp³-hybridized carbons (Fsp3) is 0.176. The summed E-state index contributed by atoms with van der Waals surface area (Å²) in [4.78, 5) is 42.7. The van der Waals surface area contributed by atoms with E-state index in [0.717, 1.165) is 22.3 Å². The molecule has 1 fully saturated rings. The number of amides is 3. The van der Waals surface area contributed by atoms with Gasteiger partial charge >= 0.3 is 0 Å². The van der Waals surface area contributed by atoms with Crippen molar-refractivity contribution in [3.8, 4) is 11.5 Å². The first-order chi connectivity index (χ1) is 21.1. The molecule has 0 radical (unpaired) electrons. The predicted molar refractivity (Wildman–Crippen MR) is 159 cm³/mol. The third-order valence-electron chi connectivity index (χ3n) is 8.98. The van der Waals surface area contributed by atoms with Gasteiger partial charge in [-0.3, -0.25) is 14.4 Å². The number of benzene rings is 4. The molecule has 0 saturated carbocycles. The van der Waals surface area contributed by atoms with E-state index in [1.165, 1.54) is 4.90 Å². The van der Waals surface area contributed by atoms with Crippen LogP contribution in [0.15, 0.2) is 102 Å². The molecule has 1 saturated heterocycles. The molecule has 43 heavy (non-hydrogen) atoms. The number of nitrogens with one attached hydrogen (secondary N) is 2. The molecule has 0 aromatic heterocycles. The summed E-state index contributed by atoms with van der Waals surface area (Å²) in [6.07, 6.45) is 1.66. The van der Waals surface area contributed by atoms with Gasteiger partial charge in [0.05, 0.1) is 29.5 Å². The number of nitrogens with zero attached hydrogens (tertiary/aromatic N) is 2. The summed E-state index contributed by atoms with van der Waals surface area (Å²) >= 11 is 0. The fourth-order valence-electron chi connectivity index (χ4n) is 7.32. The van der Waals surface area contributed by atoms with Crippen LogP contribution in [-0.4, -0.2) is 37.3 Å². The van der Waals surface area contributed by atoms with Crippen LogP contribution in [0.3, 0.4) is 0 Å². The van der Waals surface area contributed by atoms with Gasteiger partial charge in [-0.2, -0.15) is 5.10 Å². The minimum absolute atomic E-state index is 0.0372. The Morgan fingerprint density at radius 1 is 0.860 bits per heavy atom. The smallest absolute Gasteiger partial charge is 0.259 e. The van der Waals surface area contributed by atoms with E-state index in [1.54, 1.807) is 36.5 Å². The Hall–Kier alpha value is -5.44. The summed E-state index contributed by atoms with van der Waals surface area (Å²) in [7, 11) is 0. The highest BCUT2D eigenvalue weighted by Gasteiger charge is 2.68. The molecule has 2 aliphatic heterocycles. The molecule has 2 bridgehead atoms. The van der Waals surface area contributed by atoms with Crippen LogP contribution < -0.4 is 25.1 Å². The highest BCUT2D eigenvalue weighted by molar-refractivity contribution is 6.25. The van der Waals surface area contributed by atoms with E-state index >= 15 is 0 Å². The zero-order valence-corrected chi connectivity index (χ0v) is 22.9. The Labute approximate surface area is 247 Å². The van der Waals surface area contributed by atoms with Crippen molar-refractivity contribution in [2.45, 2.75) is 11.3 Å². The number of hydrogen-bond donors (Lipinski definition) is 2. The zero-order valence-electron chi connectivity index (χ0n) is 22.9. The summed E-state index contributed by atoms with van der Waals surface area (Å²) in [5.74, 6) is -1.17. The first-order valence-electron chi connectivity index (χ1n) is 14.2. The van der Waals surface area contributed by atoms with E-state index in [0.29, 0.717) is 22.9 Å². The lowest BCUT2D eigenvalue weighted by Gasteiger charge is -2.52. The molecule has 3 aliphatic carbocycles. The zero-order chi connectivity index (χ0) is 29.1. The minimum Gasteiger partial charge on any atom is -0.454 e. The topological polar surface area (TPSA) is 109 Å². The summed E-state index contributed by atoms with van der Waals surface area (Å²) in [5.41, 5.74) is 6.69. The normalized spacial score (nSPS) is 24.1. The van der Waals surface area contributed by atoms with Crippen molar-refractivity contribution < 1.29 is 23.9 Å². The molecule has 9 rings (SSSR count). The molecule has 4 aromatic rings. The van der Waals surface area contributed by atoms with Crippen LogP contribution in [0.2, 0.25) is 0 Å². The van der Waals surface area contributed by atoms with Crippen molar-refractivity contribution in [3.63, 3.8) is 0 Å². The number of hydrazone groups is 1. The number of carbonyl (C=O) groups is 3. The van der Waals surface area contributed by atoms with Crippen molar-refractivity contribution in [3.05, 3.63) is 119 Å². The van der Waals surface area contributed by atoms with E-state index in [-0.39, 0.29) is 37.0 Å². The molecular formula is C34H26N4O5. The number of hydrogen-bond acceptors (Lipinski definition) is 7. The maximum atomic E-state index is 14.3. The Balaban J connectivity index is 1.16. The quantitative estimate of drug-likeness (QED) is 0.205. The van der Waals surface area contributed by atoms with Gasteiger partial charge in [-0.25, -0.2) is 10.3 Å². The number of rotatable bonds is 6. The first kappa shape index (κ1) is 25.3. The average molecular weight is 571 g/mol. The molecule has 2 heterocycles. The van der Waals surface area contributed by atoms with Crippen molar-refractivity contribution in [2.24, 2.45) is 16.9 Å². The summed E-state index contributed by atoms with van der Waals surface area (Å²) < 4.78 is 10.8. The molecule has 9 nitrogen and oxygen atoms in total. The lowest BCUT2D eigenvalue weighted by Crippen LogP contribution is -2.54. The monoisotopic (exact) mass is 570 g/mol. The Morgan fingerprint density at radius 2 is 1.53 bits per heavy atom. The molecule has 3 amide bonds. The van der Waals surface area contributed by atoms with Gasteiger partial charge in [0.1, 0.15) is 0 Å². The molecule has 212 valence electrons. The van der Waals surface area contributed by atoms with Crippen molar-refractivity contribution >= 4 is 35.3 Å². The standard InChI is InChI=1S/C34H26N4O5/c39-28(17-35-20-14-15-26-27(16-20)43-19-42-26)37-36-18-34-24-12-6-4-10-22(24)29(23-11-5-7-13-25(23)34)30-31(34)33(41)38(32(30)40)21-8-2-1-3-9-21/h1-16,18,29-31,35H,17,19H2,(H,37,39)/b36-18-/t29?,30-,31-,34?/m1/s1. The largest absolute Gasteiger partial charge is 0.454 e. The summed E-state index contributed by atoms with van der Waals surface area (Å²) in [6, 6.07) is 30.3. The van der Waals surface area contributed by atoms with E-state index in [2.05, 4.69) is 15.8 Å². The van der Waals surface area contributed by atoms with Crippen molar-refractivity contribution in [1.29, 1.82) is 0 Å². The van der Waals surface area contributed by atoms with Crippen LogP contribution >= 0.6 is 0 Å². The van der Waals surface area contributed by atoms with Crippen LogP contribution in [0.25, 0.3) is 0 Å². The molecule has 0 unspecified atom stereocenters. The van der Waals surface area contributed by atoms with Crippen LogP contribution in [0.1, 0.15) is 28.2 Å². The molecule has 2 N–H and O–H groups in total. The molecule has 9 heteroatoms. The molecular weight excluding hydrogens is 544 g/mol. The predicted octanol–water partition coefficient (Wildman–Crippen LogP) is 4.18. The second-order valence-electron chi connectivity index (χ2n) is 11.1. The van der Waals surface area contributed by atoms with Crippen molar-refractivity contribution in [2.75, 3.05) is 23.6 Å². The highest BCUT2D eigenvalue weighted by Crippen LogP contribution is 2.63. The van der Waals surface area contributed by atoms with Gasteiger partial charge in [0.2, 0.25) is 18.6 Å². The average Bonchev–Trinajstić information content (AvgIpc) is 3.62. The molecule has 4 aromatic carbocycles. The highest BCUT2D eigenvalue weighted by atomic mass is 16.7. The van der Waals surface area contributed by atoms with Crippen LogP contribution in [0, 0.1) is 11.8 Å². The lowest BCUT2D eigenvalue weighted by molar-refractivity contribution is -0.122. The second kappa shape index (κ2) is 9.55. The Kier molecular flexibility index (Phi) is 5.62. The van der Waals surface area contributed by atoms with E-state index in [9.17, 15) is 14.4 Å². The number of fused-ring (bicyclic) bond motifs is 1. The van der Waals surface area contributed by atoms with Gasteiger partial charge in [-0.15, -0.1) is 0 Å². The molecule has 5 aliphatic rings. The fourth-order valence-corrected chi connectivity index (χ4v) is 7.32. The third kappa shape index (κ3) is 3.64. The number of carbonyl (C=O) groups excluding carboxylic acids is 3. The Morgan fingerprint density at radius 3 is 2.28 bits per heavy atom. The number of ether oxygens (including phenoxy) is 2. The maximum absolute atomic E-state index is 14.3. The van der Waals surface area contributed by atoms with Gasteiger partial charge in [-0.1, -0.05) is 66.7 Å². The van der Waals surface area contributed by atoms with E-state index in [1.807, 2.05) is 66.7 Å². The van der Waals surface area contributed by atoms with Crippen molar-refractivity contribution in [1.82, 2.24) is 5.43 Å². The van der Waals surface area contributed by atoms with Crippen LogP contribution in [-0.2, 0) is 19.8 Å². The first-order valence-corrected chi connectivity index (χ1v) is 14.2. The number of anilines is 2. The molecule has 2 atom stereocenters. The second-order valence-corrected chi connectivity index (χ2v) is 11.1. The van der Waals surface area contributed by atoms with Crippen LogP contribution in [0.4, 0.5) is 11.4 Å². The number of para-hydroxylation sites is 1.